The summed E-state index contributed by atoms with van der Waals surface area (Å²) in [5, 5.41) is 10.1. The summed E-state index contributed by atoms with van der Waals surface area (Å²) in [6.45, 7) is 8.87. The van der Waals surface area contributed by atoms with E-state index in [1.54, 1.807) is 0 Å². The molecule has 1 unspecified atom stereocenters. The Balaban J connectivity index is 1.12. The third-order valence-corrected chi connectivity index (χ3v) is 9.50. The quantitative estimate of drug-likeness (QED) is 0.313. The molecule has 0 amide bonds. The number of carbonyl (C=O) groups is 1. The van der Waals surface area contributed by atoms with Gasteiger partial charge in [-0.25, -0.2) is 9.97 Å². The monoisotopic (exact) mass is 605 g/mol. The van der Waals surface area contributed by atoms with E-state index in [1.165, 1.54) is 5.56 Å². The van der Waals surface area contributed by atoms with Gasteiger partial charge in [-0.05, 0) is 63.8 Å². The number of hydrogen-bond donors (Lipinski definition) is 1. The molecule has 1 aromatic carbocycles. The lowest BCUT2D eigenvalue weighted by Gasteiger charge is -2.40. The molecule has 9 nitrogen and oxygen atoms in total. The van der Waals surface area contributed by atoms with Gasteiger partial charge in [-0.2, -0.15) is 0 Å². The van der Waals surface area contributed by atoms with E-state index < -0.39 is 5.97 Å². The average molecular weight is 606 g/mol. The molecule has 0 saturated carbocycles. The van der Waals surface area contributed by atoms with Crippen molar-refractivity contribution in [3.05, 3.63) is 83.0 Å². The molecule has 2 aliphatic heterocycles. The average Bonchev–Trinajstić information content (AvgIpc) is 3.64. The fourth-order valence-electron chi connectivity index (χ4n) is 6.47. The highest BCUT2D eigenvalue weighted by Crippen LogP contribution is 2.45. The number of benzene rings is 1. The minimum Gasteiger partial charge on any atom is -0.485 e. The van der Waals surface area contributed by atoms with Crippen molar-refractivity contribution in [2.45, 2.75) is 77.6 Å². The highest BCUT2D eigenvalue weighted by Gasteiger charge is 2.39. The number of ether oxygens (including phenoxy) is 2. The summed E-state index contributed by atoms with van der Waals surface area (Å²) in [5.74, 6) is 2.27. The zero-order valence-corrected chi connectivity index (χ0v) is 25.7. The second kappa shape index (κ2) is 12.6. The van der Waals surface area contributed by atoms with Crippen molar-refractivity contribution in [3.8, 4) is 11.5 Å². The second-order valence-electron chi connectivity index (χ2n) is 12.1. The van der Waals surface area contributed by atoms with Crippen molar-refractivity contribution in [2.24, 2.45) is 5.41 Å². The normalized spacial score (nSPS) is 22.5. The Bertz CT molecular complexity index is 1520. The van der Waals surface area contributed by atoms with E-state index in [0.29, 0.717) is 25.5 Å². The first kappa shape index (κ1) is 29.5. The number of carboxylic acids is 1. The van der Waals surface area contributed by atoms with Crippen molar-refractivity contribution in [1.29, 1.82) is 0 Å². The lowest BCUT2D eigenvalue weighted by Crippen LogP contribution is -2.43. The van der Waals surface area contributed by atoms with Crippen LogP contribution < -0.4 is 9.47 Å². The molecule has 1 aliphatic carbocycles. The molecule has 0 bridgehead atoms. The first-order chi connectivity index (χ1) is 20.8. The Hall–Kier alpha value is -3.56. The van der Waals surface area contributed by atoms with Crippen LogP contribution in [0.25, 0.3) is 0 Å². The van der Waals surface area contributed by atoms with Crippen molar-refractivity contribution < 1.29 is 19.4 Å². The van der Waals surface area contributed by atoms with Gasteiger partial charge in [0.2, 0.25) is 0 Å². The third-order valence-electron chi connectivity index (χ3n) is 9.22. The summed E-state index contributed by atoms with van der Waals surface area (Å²) in [6, 6.07) is 6.29. The van der Waals surface area contributed by atoms with Crippen LogP contribution in [0.2, 0.25) is 0 Å². The summed E-state index contributed by atoms with van der Waals surface area (Å²) < 4.78 is 17.3. The number of carboxylic acid groups (broad SMARTS) is 1. The molecule has 228 valence electrons. The molecule has 6 rings (SSSR count). The van der Waals surface area contributed by atoms with E-state index in [0.717, 1.165) is 79.2 Å². The van der Waals surface area contributed by atoms with Gasteiger partial charge in [-0.3, -0.25) is 9.69 Å². The van der Waals surface area contributed by atoms with E-state index in [-0.39, 0.29) is 17.9 Å². The van der Waals surface area contributed by atoms with Crippen molar-refractivity contribution in [3.63, 3.8) is 0 Å². The number of para-hydroxylation sites is 1. The number of imidazole rings is 2. The number of aryl methyl sites for hydroxylation is 2. The molecule has 0 radical (unpaired) electrons. The topological polar surface area (TPSA) is 94.6 Å². The molecule has 2 atom stereocenters. The first-order valence-corrected chi connectivity index (χ1v) is 15.6. The molecule has 10 heteroatoms. The maximum atomic E-state index is 11.3. The number of nitrogens with zero attached hydrogens (tertiary/aromatic N) is 5. The molecule has 0 spiro atoms. The van der Waals surface area contributed by atoms with Gasteiger partial charge in [0, 0.05) is 40.6 Å². The fourth-order valence-corrected chi connectivity index (χ4v) is 6.61. The van der Waals surface area contributed by atoms with Crippen LogP contribution in [-0.4, -0.2) is 60.9 Å². The summed E-state index contributed by atoms with van der Waals surface area (Å²) >= 11 is 6.17. The van der Waals surface area contributed by atoms with E-state index >= 15 is 0 Å². The number of halogens is 1. The predicted octanol–water partition coefficient (Wildman–Crippen LogP) is 5.77. The van der Waals surface area contributed by atoms with Gasteiger partial charge >= 0.3 is 5.97 Å². The third kappa shape index (κ3) is 6.38. The van der Waals surface area contributed by atoms with E-state index in [9.17, 15) is 9.90 Å². The van der Waals surface area contributed by atoms with Crippen LogP contribution in [0.4, 0.5) is 0 Å². The number of aromatic nitrogens is 4. The van der Waals surface area contributed by atoms with Crippen molar-refractivity contribution in [1.82, 2.24) is 24.0 Å². The van der Waals surface area contributed by atoms with Crippen LogP contribution in [0.1, 0.15) is 68.2 Å². The number of rotatable bonds is 10. The molecule has 4 heterocycles. The molecule has 2 aromatic heterocycles. The number of hydrogen-bond acceptors (Lipinski definition) is 6. The minimum absolute atomic E-state index is 0.0746. The van der Waals surface area contributed by atoms with Crippen LogP contribution in [0.3, 0.4) is 0 Å². The molecule has 1 fully saturated rings. The molecule has 3 aliphatic rings. The maximum absolute atomic E-state index is 11.3. The van der Waals surface area contributed by atoms with Crippen LogP contribution in [-0.2, 0) is 30.8 Å². The summed E-state index contributed by atoms with van der Waals surface area (Å²) in [6.07, 6.45) is 15.0. The minimum atomic E-state index is -0.801. The SMILES string of the molecule is CCn1cncc1Cn1c(CCC(=O)O)cnc1CN1CCC(c2cccc3c2OC[C@@H](C2(C)C=CC(Cl)=CC2)O3)CC1. The summed E-state index contributed by atoms with van der Waals surface area (Å²) in [5.41, 5.74) is 3.10. The zero-order chi connectivity index (χ0) is 30.0. The van der Waals surface area contributed by atoms with Crippen LogP contribution in [0.5, 0.6) is 11.5 Å². The number of allylic oxidation sites excluding steroid dienone is 3. The Kier molecular flexibility index (Phi) is 8.63. The molecule has 1 N–H and O–H groups in total. The Morgan fingerprint density at radius 3 is 2.77 bits per heavy atom. The summed E-state index contributed by atoms with van der Waals surface area (Å²) in [4.78, 5) is 22.8. The predicted molar refractivity (Wildman–Crippen MR) is 165 cm³/mol. The second-order valence-corrected chi connectivity index (χ2v) is 12.5. The van der Waals surface area contributed by atoms with Gasteiger partial charge < -0.3 is 23.7 Å². The van der Waals surface area contributed by atoms with Crippen LogP contribution in [0.15, 0.2) is 60.2 Å². The van der Waals surface area contributed by atoms with Gasteiger partial charge in [0.25, 0.3) is 0 Å². The Morgan fingerprint density at radius 1 is 1.19 bits per heavy atom. The lowest BCUT2D eigenvalue weighted by molar-refractivity contribution is -0.137. The van der Waals surface area contributed by atoms with Crippen molar-refractivity contribution >= 4 is 17.6 Å². The molecule has 1 saturated heterocycles. The van der Waals surface area contributed by atoms with Crippen LogP contribution >= 0.6 is 11.6 Å². The van der Waals surface area contributed by atoms with Crippen LogP contribution in [0, 0.1) is 5.41 Å². The fraction of sp³-hybridized carbons (Fsp3) is 0.485. The Labute approximate surface area is 257 Å². The molecular weight excluding hydrogens is 566 g/mol. The van der Waals surface area contributed by atoms with Gasteiger partial charge in [0.15, 0.2) is 11.5 Å². The van der Waals surface area contributed by atoms with Gasteiger partial charge in [-0.15, -0.1) is 0 Å². The van der Waals surface area contributed by atoms with Gasteiger partial charge in [0.05, 0.1) is 31.5 Å². The first-order valence-electron chi connectivity index (χ1n) is 15.3. The number of piperidine rings is 1. The number of likely N-dealkylation sites (tertiary alicyclic amines) is 1. The Morgan fingerprint density at radius 2 is 2.02 bits per heavy atom. The van der Waals surface area contributed by atoms with Crippen molar-refractivity contribution in [2.75, 3.05) is 19.7 Å². The smallest absolute Gasteiger partial charge is 0.303 e. The maximum Gasteiger partial charge on any atom is 0.303 e. The largest absolute Gasteiger partial charge is 0.485 e. The zero-order valence-electron chi connectivity index (χ0n) is 24.9. The van der Waals surface area contributed by atoms with Gasteiger partial charge in [0.1, 0.15) is 18.5 Å². The standard InChI is InChI=1S/C33H40ClN5O4/c1-3-38-22-35-17-26(38)19-39-25(7-8-31(40)41)18-36-30(39)20-37-15-11-23(12-16-37)27-5-4-6-28-32(27)42-21-29(43-28)33(2)13-9-24(34)10-14-33/h4-6,9-10,13,17-18,22-23,29H,3,7-8,11-12,14-16,19-21H2,1-2H3,(H,40,41)/t29-,33?/m0/s1. The molecule has 43 heavy (non-hydrogen) atoms. The highest BCUT2D eigenvalue weighted by atomic mass is 35.5. The summed E-state index contributed by atoms with van der Waals surface area (Å²) in [7, 11) is 0. The van der Waals surface area contributed by atoms with Gasteiger partial charge in [-0.1, -0.05) is 42.8 Å². The number of aliphatic carboxylic acids is 1. The highest BCUT2D eigenvalue weighted by molar-refractivity contribution is 6.31. The number of fused-ring (bicyclic) bond motifs is 1. The van der Waals surface area contributed by atoms with E-state index in [4.69, 9.17) is 26.1 Å². The lowest BCUT2D eigenvalue weighted by atomic mass is 9.78. The molecule has 3 aromatic rings. The van der Waals surface area contributed by atoms with E-state index in [2.05, 4.69) is 51.1 Å². The van der Waals surface area contributed by atoms with E-state index in [1.807, 2.05) is 36.9 Å². The molecular formula is C33H40ClN5O4.